The van der Waals surface area contributed by atoms with Gasteiger partial charge in [0.1, 0.15) is 0 Å². The molecule has 2 nitrogen and oxygen atoms in total. The molecule has 0 aliphatic rings. The Morgan fingerprint density at radius 2 is 1.78 bits per heavy atom. The van der Waals surface area contributed by atoms with E-state index in [2.05, 4.69) is 42.0 Å². The van der Waals surface area contributed by atoms with Gasteiger partial charge >= 0.3 is 0 Å². The molecule has 2 aromatic carbocycles. The molecule has 0 aliphatic carbocycles. The molecule has 0 aliphatic heterocycles. The first-order chi connectivity index (χ1) is 10.7. The fourth-order valence-electron chi connectivity index (χ4n) is 2.10. The predicted molar refractivity (Wildman–Crippen MR) is 103 cm³/mol. The summed E-state index contributed by atoms with van der Waals surface area (Å²) in [5, 5.41) is 3.05. The quantitative estimate of drug-likeness (QED) is 0.664. The van der Waals surface area contributed by atoms with Crippen LogP contribution in [0.3, 0.4) is 0 Å². The lowest BCUT2D eigenvalue weighted by Gasteiger charge is -2.20. The highest BCUT2D eigenvalue weighted by Gasteiger charge is 2.16. The van der Waals surface area contributed by atoms with Gasteiger partial charge in [-0.15, -0.1) is 11.8 Å². The van der Waals surface area contributed by atoms with E-state index in [1.807, 2.05) is 49.4 Å². The number of hydrogen-bond donors (Lipinski definition) is 1. The monoisotopic (exact) mass is 391 g/mol. The fourth-order valence-corrected chi connectivity index (χ4v) is 3.48. The molecule has 1 N–H and O–H groups in total. The molecule has 4 heteroatoms. The van der Waals surface area contributed by atoms with Crippen molar-refractivity contribution in [1.29, 1.82) is 0 Å². The van der Waals surface area contributed by atoms with Crippen LogP contribution in [0.5, 0.6) is 0 Å². The van der Waals surface area contributed by atoms with Gasteiger partial charge in [0.25, 0.3) is 0 Å². The van der Waals surface area contributed by atoms with E-state index in [4.69, 9.17) is 0 Å². The van der Waals surface area contributed by atoms with Crippen molar-refractivity contribution in [3.8, 4) is 0 Å². The topological polar surface area (TPSA) is 29.1 Å². The number of carbonyl (C=O) groups excluding carboxylic acids is 1. The summed E-state index contributed by atoms with van der Waals surface area (Å²) in [5.41, 5.74) is 3.08. The Hall–Kier alpha value is -1.26. The zero-order valence-corrected chi connectivity index (χ0v) is 16.3. The van der Waals surface area contributed by atoms with Crippen LogP contribution >= 0.6 is 27.7 Å². The summed E-state index contributed by atoms with van der Waals surface area (Å²) < 4.78 is 1.05. The van der Waals surface area contributed by atoms with E-state index >= 15 is 0 Å². The Bertz CT molecular complexity index is 690. The van der Waals surface area contributed by atoms with Gasteiger partial charge in [-0.05, 0) is 30.7 Å². The third kappa shape index (κ3) is 6.04. The molecule has 0 spiro atoms. The molecule has 0 heterocycles. The van der Waals surface area contributed by atoms with Crippen LogP contribution in [0.2, 0.25) is 0 Å². The van der Waals surface area contributed by atoms with Crippen molar-refractivity contribution in [2.24, 2.45) is 0 Å². The Morgan fingerprint density at radius 3 is 2.39 bits per heavy atom. The van der Waals surface area contributed by atoms with Crippen molar-refractivity contribution >= 4 is 39.3 Å². The first-order valence-electron chi connectivity index (χ1n) is 7.57. The number of benzene rings is 2. The summed E-state index contributed by atoms with van der Waals surface area (Å²) >= 11 is 5.23. The van der Waals surface area contributed by atoms with Gasteiger partial charge in [-0.3, -0.25) is 4.79 Å². The van der Waals surface area contributed by atoms with Gasteiger partial charge in [0.05, 0.1) is 12.1 Å². The molecule has 0 fully saturated rings. The van der Waals surface area contributed by atoms with Crippen molar-refractivity contribution in [3.63, 3.8) is 0 Å². The minimum Gasteiger partial charge on any atom is -0.325 e. The SMILES string of the molecule is Cc1ccc(CC(=O)Nc2cc(Br)ccc2SC(C)(C)C)cc1. The third-order valence-corrected chi connectivity index (χ3v) is 4.80. The maximum atomic E-state index is 12.4. The largest absolute Gasteiger partial charge is 0.325 e. The van der Waals surface area contributed by atoms with E-state index in [1.165, 1.54) is 5.56 Å². The molecule has 0 unspecified atom stereocenters. The third-order valence-electron chi connectivity index (χ3n) is 3.12. The average Bonchev–Trinajstić information content (AvgIpc) is 2.43. The van der Waals surface area contributed by atoms with Gasteiger partial charge in [0.15, 0.2) is 0 Å². The van der Waals surface area contributed by atoms with Gasteiger partial charge in [-0.1, -0.05) is 66.5 Å². The number of halogens is 1. The second kappa shape index (κ2) is 7.54. The van der Waals surface area contributed by atoms with Crippen LogP contribution < -0.4 is 5.32 Å². The molecular formula is C19H22BrNOS. The lowest BCUT2D eigenvalue weighted by atomic mass is 10.1. The number of thioether (sulfide) groups is 1. The molecule has 0 atom stereocenters. The lowest BCUT2D eigenvalue weighted by molar-refractivity contribution is -0.115. The Morgan fingerprint density at radius 1 is 1.13 bits per heavy atom. The number of aryl methyl sites for hydroxylation is 1. The number of carbonyl (C=O) groups is 1. The summed E-state index contributed by atoms with van der Waals surface area (Å²) in [6, 6.07) is 14.1. The average molecular weight is 392 g/mol. The van der Waals surface area contributed by atoms with Crippen LogP contribution in [0.4, 0.5) is 5.69 Å². The summed E-state index contributed by atoms with van der Waals surface area (Å²) in [4.78, 5) is 13.4. The molecule has 1 amide bonds. The van der Waals surface area contributed by atoms with Gasteiger partial charge in [0, 0.05) is 14.1 Å². The van der Waals surface area contributed by atoms with E-state index < -0.39 is 0 Å². The van der Waals surface area contributed by atoms with Crippen LogP contribution in [0.25, 0.3) is 0 Å². The molecule has 2 rings (SSSR count). The molecular weight excluding hydrogens is 370 g/mol. The van der Waals surface area contributed by atoms with Crippen LogP contribution in [-0.2, 0) is 11.2 Å². The van der Waals surface area contributed by atoms with Crippen molar-refractivity contribution in [1.82, 2.24) is 0 Å². The minimum atomic E-state index is 0.00251. The fraction of sp³-hybridized carbons (Fsp3) is 0.316. The highest BCUT2D eigenvalue weighted by molar-refractivity contribution is 9.10. The summed E-state index contributed by atoms with van der Waals surface area (Å²) in [5.74, 6) is 0.00251. The van der Waals surface area contributed by atoms with Crippen LogP contribution in [0.1, 0.15) is 31.9 Å². The number of hydrogen-bond acceptors (Lipinski definition) is 2. The van der Waals surface area contributed by atoms with Gasteiger partial charge in [-0.2, -0.15) is 0 Å². The predicted octanol–water partition coefficient (Wildman–Crippen LogP) is 5.83. The van der Waals surface area contributed by atoms with E-state index in [9.17, 15) is 4.79 Å². The minimum absolute atomic E-state index is 0.00251. The molecule has 2 aromatic rings. The van der Waals surface area contributed by atoms with Crippen molar-refractivity contribution in [3.05, 3.63) is 58.1 Å². The number of amides is 1. The molecule has 0 bridgehead atoms. The highest BCUT2D eigenvalue weighted by Crippen LogP contribution is 2.38. The summed E-state index contributed by atoms with van der Waals surface area (Å²) in [7, 11) is 0. The zero-order valence-electron chi connectivity index (χ0n) is 13.9. The van der Waals surface area contributed by atoms with E-state index in [-0.39, 0.29) is 10.7 Å². The van der Waals surface area contributed by atoms with Crippen molar-refractivity contribution in [2.45, 2.75) is 43.8 Å². The number of anilines is 1. The zero-order chi connectivity index (χ0) is 17.0. The maximum absolute atomic E-state index is 12.4. The number of nitrogens with one attached hydrogen (secondary N) is 1. The van der Waals surface area contributed by atoms with E-state index in [1.54, 1.807) is 11.8 Å². The second-order valence-corrected chi connectivity index (χ2v) is 9.35. The smallest absolute Gasteiger partial charge is 0.228 e. The van der Waals surface area contributed by atoms with Gasteiger partial charge < -0.3 is 5.32 Å². The summed E-state index contributed by atoms with van der Waals surface area (Å²) in [6.45, 7) is 8.54. The molecule has 0 saturated heterocycles. The first kappa shape index (κ1) is 18.1. The Kier molecular flexibility index (Phi) is 5.93. The summed E-state index contributed by atoms with van der Waals surface area (Å²) in [6.07, 6.45) is 0.381. The number of rotatable bonds is 4. The normalized spacial score (nSPS) is 11.3. The van der Waals surface area contributed by atoms with Crippen LogP contribution in [0, 0.1) is 6.92 Å². The highest BCUT2D eigenvalue weighted by atomic mass is 79.9. The van der Waals surface area contributed by atoms with Crippen molar-refractivity contribution in [2.75, 3.05) is 5.32 Å². The van der Waals surface area contributed by atoms with Crippen LogP contribution in [0.15, 0.2) is 51.8 Å². The Balaban J connectivity index is 2.13. The molecule has 0 radical (unpaired) electrons. The Labute approximate surface area is 151 Å². The van der Waals surface area contributed by atoms with E-state index in [0.717, 1.165) is 20.6 Å². The molecule has 0 aromatic heterocycles. The van der Waals surface area contributed by atoms with Crippen molar-refractivity contribution < 1.29 is 4.79 Å². The maximum Gasteiger partial charge on any atom is 0.228 e. The molecule has 122 valence electrons. The standard InChI is InChI=1S/C19H22BrNOS/c1-13-5-7-14(8-6-13)11-18(22)21-16-12-15(20)9-10-17(16)23-19(2,3)4/h5-10,12H,11H2,1-4H3,(H,21,22). The van der Waals surface area contributed by atoms with Gasteiger partial charge in [-0.25, -0.2) is 0 Å². The second-order valence-electron chi connectivity index (χ2n) is 6.57. The first-order valence-corrected chi connectivity index (χ1v) is 9.18. The lowest BCUT2D eigenvalue weighted by Crippen LogP contribution is -2.16. The molecule has 23 heavy (non-hydrogen) atoms. The van der Waals surface area contributed by atoms with Gasteiger partial charge in [0.2, 0.25) is 5.91 Å². The van der Waals surface area contributed by atoms with Crippen LogP contribution in [-0.4, -0.2) is 10.7 Å². The molecule has 0 saturated carbocycles. The van der Waals surface area contributed by atoms with E-state index in [0.29, 0.717) is 6.42 Å².